The van der Waals surface area contributed by atoms with Gasteiger partial charge in [-0.05, 0) is 53.6 Å². The Kier molecular flexibility index (Phi) is 6.08. The Morgan fingerprint density at radius 3 is 2.24 bits per heavy atom. The number of benzene rings is 3. The van der Waals surface area contributed by atoms with Crippen LogP contribution in [-0.4, -0.2) is 28.7 Å². The second kappa shape index (κ2) is 9.27. The first-order valence-corrected chi connectivity index (χ1v) is 9.91. The molecule has 1 heterocycles. The summed E-state index contributed by atoms with van der Waals surface area (Å²) in [6.45, 7) is 0.0222. The number of halogens is 1. The van der Waals surface area contributed by atoms with Crippen LogP contribution in [0.4, 0.5) is 9.18 Å². The van der Waals surface area contributed by atoms with Crippen LogP contribution in [0.1, 0.15) is 21.5 Å². The van der Waals surface area contributed by atoms with E-state index in [1.165, 1.54) is 30.3 Å². The monoisotopic (exact) mass is 444 g/mol. The highest BCUT2D eigenvalue weighted by molar-refractivity contribution is 6.30. The highest BCUT2D eigenvalue weighted by Gasteiger charge is 2.35. The van der Waals surface area contributed by atoms with Gasteiger partial charge in [-0.2, -0.15) is 0 Å². The minimum Gasteiger partial charge on any atom is -0.423 e. The molecule has 0 radical (unpaired) electrons. The third-order valence-electron chi connectivity index (χ3n) is 4.85. The van der Waals surface area contributed by atoms with E-state index in [9.17, 15) is 23.6 Å². The van der Waals surface area contributed by atoms with Crippen LogP contribution in [0.3, 0.4) is 0 Å². The Bertz CT molecular complexity index is 1250. The Morgan fingerprint density at radius 2 is 1.58 bits per heavy atom. The van der Waals surface area contributed by atoms with E-state index >= 15 is 0 Å². The number of amides is 4. The van der Waals surface area contributed by atoms with Crippen LogP contribution < -0.4 is 10.1 Å². The van der Waals surface area contributed by atoms with Crippen LogP contribution in [0, 0.1) is 5.82 Å². The average Bonchev–Trinajstić information content (AvgIpc) is 2.81. The molecule has 4 rings (SSSR count). The molecule has 164 valence electrons. The number of nitrogens with zero attached hydrogens (tertiary/aromatic N) is 1. The van der Waals surface area contributed by atoms with E-state index in [2.05, 4.69) is 5.32 Å². The van der Waals surface area contributed by atoms with Crippen molar-refractivity contribution in [3.8, 4) is 5.75 Å². The fraction of sp³-hybridized carbons (Fsp3) is 0.0400. The molecular formula is C25H17FN2O5. The summed E-state index contributed by atoms with van der Waals surface area (Å²) in [4.78, 5) is 50.4. The summed E-state index contributed by atoms with van der Waals surface area (Å²) in [5.41, 5.74) is 1.22. The van der Waals surface area contributed by atoms with Gasteiger partial charge in [0.25, 0.3) is 11.8 Å². The summed E-state index contributed by atoms with van der Waals surface area (Å²) in [6, 6.07) is 19.2. The van der Waals surface area contributed by atoms with Crippen LogP contribution in [-0.2, 0) is 16.1 Å². The summed E-state index contributed by atoms with van der Waals surface area (Å²) < 4.78 is 18.2. The lowest BCUT2D eigenvalue weighted by molar-refractivity contribution is -0.130. The third-order valence-corrected chi connectivity index (χ3v) is 4.85. The van der Waals surface area contributed by atoms with Crippen molar-refractivity contribution in [1.29, 1.82) is 0 Å². The van der Waals surface area contributed by atoms with Crippen LogP contribution in [0.15, 0.2) is 84.4 Å². The van der Waals surface area contributed by atoms with Crippen molar-refractivity contribution < 1.29 is 28.3 Å². The van der Waals surface area contributed by atoms with Gasteiger partial charge in [0.15, 0.2) is 0 Å². The Morgan fingerprint density at radius 1 is 0.909 bits per heavy atom. The zero-order chi connectivity index (χ0) is 23.4. The molecule has 4 amide bonds. The first-order chi connectivity index (χ1) is 15.9. The molecular weight excluding hydrogens is 427 g/mol. The number of nitrogens with one attached hydrogen (secondary N) is 1. The van der Waals surface area contributed by atoms with Crippen LogP contribution >= 0.6 is 0 Å². The molecule has 0 aromatic heterocycles. The fourth-order valence-electron chi connectivity index (χ4n) is 3.15. The van der Waals surface area contributed by atoms with E-state index in [-0.39, 0.29) is 23.4 Å². The molecule has 1 fully saturated rings. The number of carbonyl (C=O) groups is 4. The molecule has 0 bridgehead atoms. The highest BCUT2D eigenvalue weighted by atomic mass is 19.1. The van der Waals surface area contributed by atoms with Gasteiger partial charge in [0.2, 0.25) is 0 Å². The molecule has 0 unspecified atom stereocenters. The Labute approximate surface area is 188 Å². The van der Waals surface area contributed by atoms with E-state index in [1.54, 1.807) is 36.4 Å². The Hall–Kier alpha value is -4.59. The molecule has 1 aliphatic heterocycles. The van der Waals surface area contributed by atoms with Crippen molar-refractivity contribution >= 4 is 29.9 Å². The summed E-state index contributed by atoms with van der Waals surface area (Å²) in [5.74, 6) is -2.39. The summed E-state index contributed by atoms with van der Waals surface area (Å²) >= 11 is 0. The fourth-order valence-corrected chi connectivity index (χ4v) is 3.15. The van der Waals surface area contributed by atoms with E-state index in [0.717, 1.165) is 22.6 Å². The Balaban J connectivity index is 1.49. The summed E-state index contributed by atoms with van der Waals surface area (Å²) in [5, 5.41) is 2.17. The van der Waals surface area contributed by atoms with Crippen molar-refractivity contribution in [3.63, 3.8) is 0 Å². The van der Waals surface area contributed by atoms with Crippen molar-refractivity contribution in [2.24, 2.45) is 0 Å². The maximum Gasteiger partial charge on any atom is 0.343 e. The number of imide groups is 2. The van der Waals surface area contributed by atoms with E-state index in [1.807, 2.05) is 6.07 Å². The number of carbonyl (C=O) groups excluding carboxylic acids is 4. The normalized spacial score (nSPS) is 14.9. The third kappa shape index (κ3) is 5.01. The molecule has 1 N–H and O–H groups in total. The van der Waals surface area contributed by atoms with Gasteiger partial charge >= 0.3 is 12.0 Å². The van der Waals surface area contributed by atoms with Crippen LogP contribution in [0.2, 0.25) is 0 Å². The predicted molar refractivity (Wildman–Crippen MR) is 116 cm³/mol. The molecule has 8 heteroatoms. The van der Waals surface area contributed by atoms with E-state index in [0.29, 0.717) is 5.56 Å². The van der Waals surface area contributed by atoms with Gasteiger partial charge in [0.05, 0.1) is 12.1 Å². The van der Waals surface area contributed by atoms with Crippen LogP contribution in [0.5, 0.6) is 5.75 Å². The van der Waals surface area contributed by atoms with Gasteiger partial charge in [-0.25, -0.2) is 14.0 Å². The first kappa shape index (κ1) is 21.6. The molecule has 3 aromatic rings. The smallest absolute Gasteiger partial charge is 0.343 e. The van der Waals surface area contributed by atoms with Crippen molar-refractivity contribution in [1.82, 2.24) is 10.2 Å². The maximum absolute atomic E-state index is 13.0. The van der Waals surface area contributed by atoms with Gasteiger partial charge in [0.1, 0.15) is 17.1 Å². The number of ether oxygens (including phenoxy) is 1. The molecule has 0 saturated carbocycles. The van der Waals surface area contributed by atoms with E-state index < -0.39 is 29.6 Å². The lowest BCUT2D eigenvalue weighted by Crippen LogP contribution is -2.53. The number of esters is 1. The van der Waals surface area contributed by atoms with Crippen molar-refractivity contribution in [2.75, 3.05) is 0 Å². The highest BCUT2D eigenvalue weighted by Crippen LogP contribution is 2.20. The summed E-state index contributed by atoms with van der Waals surface area (Å²) in [6.07, 6.45) is 1.35. The average molecular weight is 444 g/mol. The second-order valence-electron chi connectivity index (χ2n) is 7.16. The molecule has 33 heavy (non-hydrogen) atoms. The number of barbiturate groups is 1. The minimum absolute atomic E-state index is 0.0222. The van der Waals surface area contributed by atoms with Gasteiger partial charge in [-0.3, -0.25) is 19.8 Å². The SMILES string of the molecule is O=C1NC(=O)N(Cc2ccccc2)C(=O)C1=Cc1ccc(OC(=O)c2ccc(F)cc2)cc1. The predicted octanol–water partition coefficient (Wildman–Crippen LogP) is 3.71. The van der Waals surface area contributed by atoms with Crippen molar-refractivity contribution in [2.45, 2.75) is 6.54 Å². The number of urea groups is 1. The lowest BCUT2D eigenvalue weighted by atomic mass is 10.1. The molecule has 1 aliphatic rings. The standard InChI is InChI=1S/C25H17FN2O5/c26-19-10-8-18(9-11-19)24(31)33-20-12-6-16(7-13-20)14-21-22(29)27-25(32)28(23(21)30)15-17-4-2-1-3-5-17/h1-14H,15H2,(H,27,29,32). The number of hydrogen-bond donors (Lipinski definition) is 1. The number of rotatable bonds is 5. The molecule has 0 atom stereocenters. The molecule has 1 saturated heterocycles. The molecule has 3 aromatic carbocycles. The zero-order valence-corrected chi connectivity index (χ0v) is 17.2. The van der Waals surface area contributed by atoms with Gasteiger partial charge in [0, 0.05) is 0 Å². The largest absolute Gasteiger partial charge is 0.423 e. The van der Waals surface area contributed by atoms with Gasteiger partial charge in [-0.15, -0.1) is 0 Å². The lowest BCUT2D eigenvalue weighted by Gasteiger charge is -2.26. The van der Waals surface area contributed by atoms with Gasteiger partial charge in [-0.1, -0.05) is 42.5 Å². The zero-order valence-electron chi connectivity index (χ0n) is 17.2. The minimum atomic E-state index is -0.791. The molecule has 0 aliphatic carbocycles. The molecule has 7 nitrogen and oxygen atoms in total. The number of hydrogen-bond acceptors (Lipinski definition) is 5. The summed E-state index contributed by atoms with van der Waals surface area (Å²) in [7, 11) is 0. The van der Waals surface area contributed by atoms with E-state index in [4.69, 9.17) is 4.74 Å². The maximum atomic E-state index is 13.0. The molecule has 0 spiro atoms. The first-order valence-electron chi connectivity index (χ1n) is 9.91. The quantitative estimate of drug-likeness (QED) is 0.280. The van der Waals surface area contributed by atoms with Crippen molar-refractivity contribution in [3.05, 3.63) is 107 Å². The second-order valence-corrected chi connectivity index (χ2v) is 7.16. The van der Waals surface area contributed by atoms with Gasteiger partial charge < -0.3 is 4.74 Å². The topological polar surface area (TPSA) is 92.8 Å². The van der Waals surface area contributed by atoms with Crippen LogP contribution in [0.25, 0.3) is 6.08 Å².